The molecule has 0 aliphatic carbocycles. The predicted octanol–water partition coefficient (Wildman–Crippen LogP) is -0.986. The molecule has 0 saturated carbocycles. The maximum atomic E-state index is 13.2. The zero-order valence-corrected chi connectivity index (χ0v) is 23.7. The number of amides is 2. The van der Waals surface area contributed by atoms with Crippen LogP contribution >= 0.6 is 34.7 Å². The maximum absolute atomic E-state index is 13.2. The summed E-state index contributed by atoms with van der Waals surface area (Å²) in [5, 5.41) is 34.1. The van der Waals surface area contributed by atoms with Crippen molar-refractivity contribution in [2.45, 2.75) is 31.0 Å². The van der Waals surface area contributed by atoms with Gasteiger partial charge in [0.15, 0.2) is 29.8 Å². The third-order valence-electron chi connectivity index (χ3n) is 6.09. The van der Waals surface area contributed by atoms with E-state index in [2.05, 4.69) is 25.7 Å². The second-order valence-corrected chi connectivity index (χ2v) is 11.5. The Hall–Kier alpha value is -4.55. The number of halogens is 1. The van der Waals surface area contributed by atoms with Crippen molar-refractivity contribution in [3.05, 3.63) is 52.2 Å². The van der Waals surface area contributed by atoms with Crippen molar-refractivity contribution >= 4 is 69.3 Å². The number of thioether (sulfide) groups is 1. The van der Waals surface area contributed by atoms with Crippen molar-refractivity contribution in [3.63, 3.8) is 0 Å². The molecular formula is C23H19ClN8O8S2. The van der Waals surface area contributed by atoms with Crippen molar-refractivity contribution in [2.75, 3.05) is 11.5 Å². The number of hydrogen-bond acceptors (Lipinski definition) is 14. The number of thiazole rings is 1. The Kier molecular flexibility index (Phi) is 8.10. The summed E-state index contributed by atoms with van der Waals surface area (Å²) >= 11 is 8.22. The van der Waals surface area contributed by atoms with Gasteiger partial charge in [-0.2, -0.15) is 0 Å². The Morgan fingerprint density at radius 2 is 2.14 bits per heavy atom. The Bertz CT molecular complexity index is 1630. The van der Waals surface area contributed by atoms with Crippen LogP contribution in [0.3, 0.4) is 0 Å². The number of rotatable bonds is 10. The minimum atomic E-state index is -1.54. The molecule has 3 aromatic heterocycles. The van der Waals surface area contributed by atoms with Crippen LogP contribution in [0.2, 0.25) is 4.34 Å². The highest BCUT2D eigenvalue weighted by molar-refractivity contribution is 8.00. The second-order valence-electron chi connectivity index (χ2n) is 8.80. The van der Waals surface area contributed by atoms with E-state index >= 15 is 0 Å². The lowest BCUT2D eigenvalue weighted by Gasteiger charge is -2.50. The Labute approximate surface area is 248 Å². The zero-order chi connectivity index (χ0) is 30.1. The van der Waals surface area contributed by atoms with Crippen molar-refractivity contribution in [3.8, 4) is 11.5 Å². The number of carbonyl (C=O) groups excluding carboxylic acids is 3. The molecule has 42 heavy (non-hydrogen) atoms. The highest BCUT2D eigenvalue weighted by Gasteiger charge is 2.53. The van der Waals surface area contributed by atoms with Gasteiger partial charge in [-0.05, 0) is 6.92 Å². The fourth-order valence-electron chi connectivity index (χ4n) is 4.06. The van der Waals surface area contributed by atoms with Crippen LogP contribution in [0.1, 0.15) is 12.6 Å². The van der Waals surface area contributed by atoms with E-state index in [4.69, 9.17) is 31.7 Å². The highest BCUT2D eigenvalue weighted by atomic mass is 35.5. The number of β-lactam (4-membered cyclic amide) rings is 1. The standard InChI is InChI=1S/C23H19ClN8O8S2/c1-9(21(35)36)40-30-13(12-16(24)42-23(25)28-12)17(33)27-14-19(34)32-15(22(37)38)11(7-41-20(14)32)6-31-4-2-10(3-5-31)18-29-26-8-39-18/h2-5,8-9,14,20H,6-7H2,1H3,(H4-,25,27,28,33,35,36,37,38)/b30-13-/t9-,14+,20+/m0/s1. The summed E-state index contributed by atoms with van der Waals surface area (Å²) < 4.78 is 6.86. The van der Waals surface area contributed by atoms with E-state index in [-0.39, 0.29) is 33.2 Å². The number of hydrogen-bond donors (Lipinski definition) is 3. The van der Waals surface area contributed by atoms with E-state index in [1.807, 2.05) is 0 Å². The summed E-state index contributed by atoms with van der Waals surface area (Å²) in [6, 6.07) is 2.29. The van der Waals surface area contributed by atoms with Gasteiger partial charge in [0.1, 0.15) is 21.4 Å². The van der Waals surface area contributed by atoms with Gasteiger partial charge in [-0.3, -0.25) is 14.5 Å². The minimum Gasteiger partial charge on any atom is -0.543 e. The summed E-state index contributed by atoms with van der Waals surface area (Å²) in [4.78, 5) is 59.5. The molecule has 1 saturated heterocycles. The topological polar surface area (TPSA) is 230 Å². The molecule has 5 rings (SSSR count). The van der Waals surface area contributed by atoms with Gasteiger partial charge in [-0.25, -0.2) is 14.3 Å². The number of pyridine rings is 1. The average Bonchev–Trinajstić information content (AvgIpc) is 3.61. The van der Waals surface area contributed by atoms with Gasteiger partial charge in [0.05, 0.1) is 17.2 Å². The number of nitrogens with zero attached hydrogens (tertiary/aromatic N) is 6. The highest BCUT2D eigenvalue weighted by Crippen LogP contribution is 2.40. The first-order valence-electron chi connectivity index (χ1n) is 11.9. The number of fused-ring (bicyclic) bond motifs is 1. The fraction of sp³-hybridized carbons (Fsp3) is 0.261. The van der Waals surface area contributed by atoms with Crippen LogP contribution < -0.4 is 20.7 Å². The number of anilines is 1. The molecule has 3 atom stereocenters. The lowest BCUT2D eigenvalue weighted by Crippen LogP contribution is -2.71. The molecule has 218 valence electrons. The van der Waals surface area contributed by atoms with E-state index in [0.717, 1.165) is 16.2 Å². The number of nitrogens with one attached hydrogen (secondary N) is 1. The third-order valence-corrected chi connectivity index (χ3v) is 8.51. The van der Waals surface area contributed by atoms with Crippen molar-refractivity contribution in [1.82, 2.24) is 25.4 Å². The molecule has 0 aromatic carbocycles. The van der Waals surface area contributed by atoms with Gasteiger partial charge in [0, 0.05) is 23.5 Å². The van der Waals surface area contributed by atoms with Gasteiger partial charge in [-0.15, -0.1) is 22.0 Å². The minimum absolute atomic E-state index is 0.00827. The Morgan fingerprint density at radius 1 is 1.40 bits per heavy atom. The number of nitrogen functional groups attached to an aromatic ring is 1. The monoisotopic (exact) mass is 634 g/mol. The van der Waals surface area contributed by atoms with Gasteiger partial charge in [-0.1, -0.05) is 28.1 Å². The molecule has 0 spiro atoms. The quantitative estimate of drug-likeness (QED) is 0.105. The zero-order valence-electron chi connectivity index (χ0n) is 21.3. The van der Waals surface area contributed by atoms with E-state index in [1.54, 1.807) is 29.1 Å². The SMILES string of the molecule is C[C@H](O/N=C(\C(=O)N[C@@H]1C(=O)N2C(C(=O)[O-])=C(C[n+]3ccc(-c4nnco4)cc3)CS[C@H]12)c1nc(N)sc1Cl)C(=O)O. The maximum Gasteiger partial charge on any atom is 0.347 e. The number of oxime groups is 1. The molecular weight excluding hydrogens is 616 g/mol. The number of carbonyl (C=O) groups is 4. The van der Waals surface area contributed by atoms with Crippen LogP contribution in [0.4, 0.5) is 5.13 Å². The van der Waals surface area contributed by atoms with Crippen LogP contribution in [0.25, 0.3) is 11.5 Å². The van der Waals surface area contributed by atoms with Gasteiger partial charge >= 0.3 is 5.97 Å². The molecule has 0 unspecified atom stereocenters. The molecule has 16 nitrogen and oxygen atoms in total. The van der Waals surface area contributed by atoms with E-state index in [1.165, 1.54) is 25.1 Å². The Balaban J connectivity index is 1.34. The molecule has 3 aromatic rings. The van der Waals surface area contributed by atoms with Crippen LogP contribution in [0, 0.1) is 0 Å². The smallest absolute Gasteiger partial charge is 0.347 e. The third kappa shape index (κ3) is 5.63. The lowest BCUT2D eigenvalue weighted by molar-refractivity contribution is -0.689. The van der Waals surface area contributed by atoms with Crippen molar-refractivity contribution in [1.29, 1.82) is 0 Å². The number of carboxylic acids is 2. The van der Waals surface area contributed by atoms with E-state index in [9.17, 15) is 24.3 Å². The van der Waals surface area contributed by atoms with Crippen LogP contribution in [-0.4, -0.2) is 77.9 Å². The molecule has 19 heteroatoms. The molecule has 2 amide bonds. The van der Waals surface area contributed by atoms with Gasteiger partial charge in [0.2, 0.25) is 18.4 Å². The largest absolute Gasteiger partial charge is 0.543 e. The summed E-state index contributed by atoms with van der Waals surface area (Å²) in [7, 11) is 0. The number of aromatic nitrogens is 4. The normalized spacial score (nSPS) is 19.1. The molecule has 4 N–H and O–H groups in total. The molecule has 2 aliphatic rings. The summed E-state index contributed by atoms with van der Waals surface area (Å²) in [6.07, 6.45) is 3.18. The lowest BCUT2D eigenvalue weighted by atomic mass is 10.0. The molecule has 0 radical (unpaired) electrons. The predicted molar refractivity (Wildman–Crippen MR) is 143 cm³/mol. The second kappa shape index (κ2) is 11.7. The Morgan fingerprint density at radius 3 is 2.74 bits per heavy atom. The first-order chi connectivity index (χ1) is 20.0. The van der Waals surface area contributed by atoms with E-state index < -0.39 is 47.0 Å². The molecule has 1 fully saturated rings. The first-order valence-corrected chi connectivity index (χ1v) is 14.1. The molecule has 0 bridgehead atoms. The summed E-state index contributed by atoms with van der Waals surface area (Å²) in [6.45, 7) is 1.34. The summed E-state index contributed by atoms with van der Waals surface area (Å²) in [5.41, 5.74) is 5.79. The van der Waals surface area contributed by atoms with Gasteiger partial charge < -0.3 is 35.3 Å². The van der Waals surface area contributed by atoms with Crippen molar-refractivity contribution < 1.29 is 43.2 Å². The first kappa shape index (κ1) is 29.0. The van der Waals surface area contributed by atoms with Crippen molar-refractivity contribution in [2.24, 2.45) is 5.16 Å². The van der Waals surface area contributed by atoms with Crippen LogP contribution in [-0.2, 0) is 30.6 Å². The summed E-state index contributed by atoms with van der Waals surface area (Å²) in [5.74, 6) is -4.00. The average molecular weight is 635 g/mol. The number of carboxylic acid groups (broad SMARTS) is 2. The number of aliphatic carboxylic acids is 2. The molecule has 2 aliphatic heterocycles. The van der Waals surface area contributed by atoms with Crippen LogP contribution in [0.5, 0.6) is 0 Å². The number of nitrogens with two attached hydrogens (primary N) is 1. The van der Waals surface area contributed by atoms with E-state index in [0.29, 0.717) is 17.0 Å². The molecule has 5 heterocycles. The fourth-order valence-corrected chi connectivity index (χ4v) is 6.32. The van der Waals surface area contributed by atoms with Gasteiger partial charge in [0.25, 0.3) is 11.8 Å². The van der Waals surface area contributed by atoms with Crippen LogP contribution in [0.15, 0.2) is 51.8 Å².